The van der Waals surface area contributed by atoms with Crippen LogP contribution in [-0.4, -0.2) is 44.0 Å². The van der Waals surface area contributed by atoms with Crippen molar-refractivity contribution in [2.45, 2.75) is 25.3 Å². The maximum atomic E-state index is 13.1. The second-order valence-corrected chi connectivity index (χ2v) is 9.63. The molecule has 0 saturated carbocycles. The third-order valence-electron chi connectivity index (χ3n) is 6.63. The molecule has 4 aromatic carbocycles. The summed E-state index contributed by atoms with van der Waals surface area (Å²) in [7, 11) is 1.33. The SMILES string of the molecule is COC(=O)[C@H](Cc1ccc(OCCNC(=O)CCc2ccc(F)cc2)cc1)Nc1ccccc1C(=O)c1ccccc1. The van der Waals surface area contributed by atoms with Crippen LogP contribution in [0.25, 0.3) is 0 Å². The average molecular weight is 569 g/mol. The fourth-order valence-corrected chi connectivity index (χ4v) is 4.39. The van der Waals surface area contributed by atoms with E-state index in [2.05, 4.69) is 10.6 Å². The van der Waals surface area contributed by atoms with Crippen molar-refractivity contribution in [3.63, 3.8) is 0 Å². The Labute approximate surface area is 244 Å². The molecule has 0 saturated heterocycles. The van der Waals surface area contributed by atoms with Crippen molar-refractivity contribution in [3.8, 4) is 5.75 Å². The van der Waals surface area contributed by atoms with Gasteiger partial charge in [0, 0.05) is 29.7 Å². The van der Waals surface area contributed by atoms with Gasteiger partial charge in [0.15, 0.2) is 5.78 Å². The lowest BCUT2D eigenvalue weighted by atomic mass is 10.00. The van der Waals surface area contributed by atoms with Crippen molar-refractivity contribution in [1.29, 1.82) is 0 Å². The number of hydrogen-bond acceptors (Lipinski definition) is 6. The Kier molecular flexibility index (Phi) is 10.8. The fourth-order valence-electron chi connectivity index (χ4n) is 4.39. The van der Waals surface area contributed by atoms with Crippen molar-refractivity contribution in [1.82, 2.24) is 5.32 Å². The molecule has 4 aromatic rings. The Morgan fingerprint density at radius 1 is 0.810 bits per heavy atom. The number of ketones is 1. The molecule has 0 aliphatic rings. The minimum Gasteiger partial charge on any atom is -0.492 e. The Morgan fingerprint density at radius 3 is 2.19 bits per heavy atom. The number of carbonyl (C=O) groups excluding carboxylic acids is 3. The third-order valence-corrected chi connectivity index (χ3v) is 6.63. The highest BCUT2D eigenvalue weighted by atomic mass is 19.1. The molecule has 0 fully saturated rings. The van der Waals surface area contributed by atoms with E-state index < -0.39 is 12.0 Å². The zero-order valence-electron chi connectivity index (χ0n) is 23.3. The number of ether oxygens (including phenoxy) is 2. The summed E-state index contributed by atoms with van der Waals surface area (Å²) in [5.74, 6) is -0.376. The molecule has 7 nitrogen and oxygen atoms in total. The molecule has 0 radical (unpaired) electrons. The zero-order chi connectivity index (χ0) is 29.7. The van der Waals surface area contributed by atoms with Crippen LogP contribution in [0.15, 0.2) is 103 Å². The Hall–Kier alpha value is -4.98. The van der Waals surface area contributed by atoms with E-state index in [1.807, 2.05) is 30.3 Å². The lowest BCUT2D eigenvalue weighted by Crippen LogP contribution is -2.33. The van der Waals surface area contributed by atoms with E-state index in [0.29, 0.717) is 55.0 Å². The highest BCUT2D eigenvalue weighted by Crippen LogP contribution is 2.22. The van der Waals surface area contributed by atoms with Crippen LogP contribution in [0.5, 0.6) is 5.75 Å². The summed E-state index contributed by atoms with van der Waals surface area (Å²) in [4.78, 5) is 37.9. The van der Waals surface area contributed by atoms with Crippen LogP contribution in [0.1, 0.15) is 33.5 Å². The predicted molar refractivity (Wildman–Crippen MR) is 159 cm³/mol. The Balaban J connectivity index is 1.28. The van der Waals surface area contributed by atoms with E-state index in [-0.39, 0.29) is 17.5 Å². The summed E-state index contributed by atoms with van der Waals surface area (Å²) >= 11 is 0. The molecule has 216 valence electrons. The molecule has 1 atom stereocenters. The highest BCUT2D eigenvalue weighted by Gasteiger charge is 2.22. The second kappa shape index (κ2) is 15.1. The van der Waals surface area contributed by atoms with E-state index in [1.165, 1.54) is 19.2 Å². The molecule has 0 aliphatic heterocycles. The van der Waals surface area contributed by atoms with E-state index >= 15 is 0 Å². The summed E-state index contributed by atoms with van der Waals surface area (Å²) in [6, 6.07) is 28.7. The number of aryl methyl sites for hydroxylation is 1. The topological polar surface area (TPSA) is 93.7 Å². The molecule has 0 heterocycles. The van der Waals surface area contributed by atoms with Crippen LogP contribution in [0.2, 0.25) is 0 Å². The van der Waals surface area contributed by atoms with Gasteiger partial charge in [-0.3, -0.25) is 9.59 Å². The number of methoxy groups -OCH3 is 1. The first-order chi connectivity index (χ1) is 20.4. The van der Waals surface area contributed by atoms with E-state index in [4.69, 9.17) is 9.47 Å². The molecule has 2 N–H and O–H groups in total. The standard InChI is InChI=1S/C34H33FN2O5/c1-41-34(40)31(37-30-10-6-5-9-29(30)33(39)26-7-3-2-4-8-26)23-25-13-18-28(19-14-25)42-22-21-36-32(38)20-15-24-11-16-27(35)17-12-24/h2-14,16-19,31,37H,15,20-23H2,1H3,(H,36,38)/t31-/m0/s1. The number of nitrogens with one attached hydrogen (secondary N) is 2. The monoisotopic (exact) mass is 568 g/mol. The molecule has 4 rings (SSSR count). The van der Waals surface area contributed by atoms with Crippen LogP contribution < -0.4 is 15.4 Å². The second-order valence-electron chi connectivity index (χ2n) is 9.63. The van der Waals surface area contributed by atoms with E-state index in [0.717, 1.165) is 11.1 Å². The van der Waals surface area contributed by atoms with Crippen LogP contribution in [0.4, 0.5) is 10.1 Å². The first kappa shape index (κ1) is 30.0. The highest BCUT2D eigenvalue weighted by molar-refractivity contribution is 6.12. The smallest absolute Gasteiger partial charge is 0.328 e. The van der Waals surface area contributed by atoms with Crippen LogP contribution >= 0.6 is 0 Å². The maximum absolute atomic E-state index is 13.1. The molecular weight excluding hydrogens is 535 g/mol. The number of benzene rings is 4. The van der Waals surface area contributed by atoms with Crippen LogP contribution in [-0.2, 0) is 27.2 Å². The number of para-hydroxylation sites is 1. The number of halogens is 1. The van der Waals surface area contributed by atoms with Crippen molar-refractivity contribution < 1.29 is 28.2 Å². The van der Waals surface area contributed by atoms with Gasteiger partial charge in [-0.25, -0.2) is 9.18 Å². The van der Waals surface area contributed by atoms with Gasteiger partial charge in [0.25, 0.3) is 0 Å². The minimum atomic E-state index is -0.725. The lowest BCUT2D eigenvalue weighted by molar-refractivity contribution is -0.141. The number of carbonyl (C=O) groups is 3. The van der Waals surface area contributed by atoms with Crippen molar-refractivity contribution >= 4 is 23.3 Å². The van der Waals surface area contributed by atoms with Crippen molar-refractivity contribution in [3.05, 3.63) is 131 Å². The van der Waals surface area contributed by atoms with Gasteiger partial charge >= 0.3 is 5.97 Å². The normalized spacial score (nSPS) is 11.3. The molecule has 0 aliphatic carbocycles. The van der Waals surface area contributed by atoms with Gasteiger partial charge in [-0.2, -0.15) is 0 Å². The van der Waals surface area contributed by atoms with Crippen molar-refractivity contribution in [2.24, 2.45) is 0 Å². The summed E-state index contributed by atoms with van der Waals surface area (Å²) < 4.78 is 23.8. The number of amides is 1. The van der Waals surface area contributed by atoms with E-state index in [9.17, 15) is 18.8 Å². The summed E-state index contributed by atoms with van der Waals surface area (Å²) in [5.41, 5.74) is 3.33. The molecule has 0 aromatic heterocycles. The molecule has 42 heavy (non-hydrogen) atoms. The first-order valence-electron chi connectivity index (χ1n) is 13.7. The van der Waals surface area contributed by atoms with Gasteiger partial charge in [-0.1, -0.05) is 66.7 Å². The van der Waals surface area contributed by atoms with Gasteiger partial charge in [0.2, 0.25) is 5.91 Å². The molecule has 0 unspecified atom stereocenters. The van der Waals surface area contributed by atoms with Gasteiger partial charge in [-0.15, -0.1) is 0 Å². The summed E-state index contributed by atoms with van der Waals surface area (Å²) in [5, 5.41) is 6.02. The summed E-state index contributed by atoms with van der Waals surface area (Å²) in [6.07, 6.45) is 1.16. The largest absolute Gasteiger partial charge is 0.492 e. The number of hydrogen-bond donors (Lipinski definition) is 2. The molecule has 0 bridgehead atoms. The third kappa shape index (κ3) is 8.76. The molecule has 8 heteroatoms. The maximum Gasteiger partial charge on any atom is 0.328 e. The quantitative estimate of drug-likeness (QED) is 0.121. The fraction of sp³-hybridized carbons (Fsp3) is 0.206. The molecular formula is C34H33FN2O5. The average Bonchev–Trinajstić information content (AvgIpc) is 3.03. The molecule has 0 spiro atoms. The number of anilines is 1. The summed E-state index contributed by atoms with van der Waals surface area (Å²) in [6.45, 7) is 0.639. The molecule has 1 amide bonds. The Bertz CT molecular complexity index is 1470. The van der Waals surface area contributed by atoms with Gasteiger partial charge in [0.1, 0.15) is 24.2 Å². The first-order valence-corrected chi connectivity index (χ1v) is 13.7. The van der Waals surface area contributed by atoms with Gasteiger partial charge in [0.05, 0.1) is 13.7 Å². The zero-order valence-corrected chi connectivity index (χ0v) is 23.3. The van der Waals surface area contributed by atoms with E-state index in [1.54, 1.807) is 60.7 Å². The van der Waals surface area contributed by atoms with Crippen LogP contribution in [0, 0.1) is 5.82 Å². The predicted octanol–water partition coefficient (Wildman–Crippen LogP) is 5.38. The minimum absolute atomic E-state index is 0.105. The number of rotatable bonds is 14. The van der Waals surface area contributed by atoms with Crippen LogP contribution in [0.3, 0.4) is 0 Å². The van der Waals surface area contributed by atoms with Gasteiger partial charge < -0.3 is 20.1 Å². The Morgan fingerprint density at radius 2 is 1.48 bits per heavy atom. The lowest BCUT2D eigenvalue weighted by Gasteiger charge is -2.20. The number of esters is 1. The van der Waals surface area contributed by atoms with Gasteiger partial charge in [-0.05, 0) is 53.9 Å². The van der Waals surface area contributed by atoms with Crippen molar-refractivity contribution in [2.75, 3.05) is 25.6 Å².